The van der Waals surface area contributed by atoms with Crippen molar-refractivity contribution in [2.45, 2.75) is 23.6 Å². The number of rotatable bonds is 7. The zero-order chi connectivity index (χ0) is 19.9. The molecule has 1 amide bonds. The van der Waals surface area contributed by atoms with Crippen LogP contribution in [0.5, 0.6) is 5.75 Å². The Balaban J connectivity index is 1.72. The molecule has 0 aromatic heterocycles. The highest BCUT2D eigenvalue weighted by Crippen LogP contribution is 2.29. The average molecular weight is 412 g/mol. The molecule has 0 spiro atoms. The van der Waals surface area contributed by atoms with Gasteiger partial charge in [0.2, 0.25) is 0 Å². The molecule has 144 valence electrons. The summed E-state index contributed by atoms with van der Waals surface area (Å²) in [6.07, 6.45) is 0. The molecule has 3 nitrogen and oxygen atoms in total. The van der Waals surface area contributed by atoms with E-state index in [0.29, 0.717) is 10.6 Å². The maximum atomic E-state index is 12.7. The first-order valence-electron chi connectivity index (χ1n) is 8.98. The molecular formula is C23H22ClNO2S. The van der Waals surface area contributed by atoms with E-state index in [0.717, 1.165) is 22.6 Å². The Kier molecular flexibility index (Phi) is 7.01. The lowest BCUT2D eigenvalue weighted by Gasteiger charge is -2.16. The van der Waals surface area contributed by atoms with Gasteiger partial charge < -0.3 is 10.1 Å². The predicted molar refractivity (Wildman–Crippen MR) is 116 cm³/mol. The molecule has 5 heteroatoms. The van der Waals surface area contributed by atoms with E-state index in [2.05, 4.69) is 17.4 Å². The van der Waals surface area contributed by atoms with Gasteiger partial charge in [-0.15, -0.1) is 11.8 Å². The first kappa shape index (κ1) is 20.3. The predicted octanol–water partition coefficient (Wildman–Crippen LogP) is 6.13. The number of benzene rings is 3. The smallest absolute Gasteiger partial charge is 0.251 e. The van der Waals surface area contributed by atoms with Crippen molar-refractivity contribution in [3.05, 3.63) is 94.5 Å². The van der Waals surface area contributed by atoms with Gasteiger partial charge in [0.25, 0.3) is 5.91 Å². The van der Waals surface area contributed by atoms with Crippen LogP contribution in [0.4, 0.5) is 0 Å². The number of methoxy groups -OCH3 is 1. The molecule has 3 aromatic rings. The SMILES string of the molecule is COc1ccc(C(=O)N[C@@H](C)c2ccc(Cl)cc2)cc1CSc1ccccc1. The lowest BCUT2D eigenvalue weighted by molar-refractivity contribution is 0.0939. The van der Waals surface area contributed by atoms with Gasteiger partial charge in [0.15, 0.2) is 0 Å². The van der Waals surface area contributed by atoms with E-state index >= 15 is 0 Å². The molecule has 1 N–H and O–H groups in total. The van der Waals surface area contributed by atoms with Crippen molar-refractivity contribution in [1.82, 2.24) is 5.32 Å². The Morgan fingerprint density at radius 1 is 1.07 bits per heavy atom. The summed E-state index contributed by atoms with van der Waals surface area (Å²) in [5, 5.41) is 3.72. The topological polar surface area (TPSA) is 38.3 Å². The number of nitrogens with one attached hydrogen (secondary N) is 1. The summed E-state index contributed by atoms with van der Waals surface area (Å²) in [6.45, 7) is 1.96. The summed E-state index contributed by atoms with van der Waals surface area (Å²) in [5.41, 5.74) is 2.61. The molecule has 0 unspecified atom stereocenters. The average Bonchev–Trinajstić information content (AvgIpc) is 2.73. The quantitative estimate of drug-likeness (QED) is 0.475. The molecule has 3 rings (SSSR count). The van der Waals surface area contributed by atoms with Crippen molar-refractivity contribution in [3.63, 3.8) is 0 Å². The lowest BCUT2D eigenvalue weighted by atomic mass is 10.1. The van der Waals surface area contributed by atoms with Crippen molar-refractivity contribution in [2.75, 3.05) is 7.11 Å². The monoisotopic (exact) mass is 411 g/mol. The Labute approximate surface area is 175 Å². The molecule has 0 radical (unpaired) electrons. The third-order valence-electron chi connectivity index (χ3n) is 4.40. The van der Waals surface area contributed by atoms with Crippen LogP contribution in [0.1, 0.15) is 34.5 Å². The van der Waals surface area contributed by atoms with Crippen LogP contribution in [-0.2, 0) is 5.75 Å². The largest absolute Gasteiger partial charge is 0.496 e. The standard InChI is InChI=1S/C23H22ClNO2S/c1-16(17-8-11-20(24)12-9-17)25-23(26)18-10-13-22(27-2)19(14-18)15-28-21-6-4-3-5-7-21/h3-14,16H,15H2,1-2H3,(H,25,26)/t16-/m0/s1. The number of amides is 1. The van der Waals surface area contributed by atoms with Crippen molar-refractivity contribution in [3.8, 4) is 5.75 Å². The minimum Gasteiger partial charge on any atom is -0.496 e. The normalized spacial score (nSPS) is 11.7. The second kappa shape index (κ2) is 9.67. The number of thioether (sulfide) groups is 1. The van der Waals surface area contributed by atoms with Crippen LogP contribution in [0.25, 0.3) is 0 Å². The highest BCUT2D eigenvalue weighted by molar-refractivity contribution is 7.98. The first-order valence-corrected chi connectivity index (χ1v) is 10.3. The molecule has 3 aromatic carbocycles. The maximum absolute atomic E-state index is 12.7. The molecule has 28 heavy (non-hydrogen) atoms. The number of hydrogen-bond donors (Lipinski definition) is 1. The van der Waals surface area contributed by atoms with Gasteiger partial charge in [-0.1, -0.05) is 41.9 Å². The lowest BCUT2D eigenvalue weighted by Crippen LogP contribution is -2.26. The van der Waals surface area contributed by atoms with Crippen LogP contribution < -0.4 is 10.1 Å². The van der Waals surface area contributed by atoms with Gasteiger partial charge in [0.05, 0.1) is 13.2 Å². The Morgan fingerprint density at radius 3 is 2.46 bits per heavy atom. The molecule has 0 aliphatic carbocycles. The molecule has 0 aliphatic heterocycles. The summed E-state index contributed by atoms with van der Waals surface area (Å²) in [4.78, 5) is 13.9. The minimum atomic E-state index is -0.117. The molecule has 0 bridgehead atoms. The fourth-order valence-corrected chi connectivity index (χ4v) is 3.85. The number of hydrogen-bond acceptors (Lipinski definition) is 3. The summed E-state index contributed by atoms with van der Waals surface area (Å²) < 4.78 is 5.47. The molecule has 0 heterocycles. The van der Waals surface area contributed by atoms with E-state index in [9.17, 15) is 4.79 Å². The summed E-state index contributed by atoms with van der Waals surface area (Å²) >= 11 is 7.65. The maximum Gasteiger partial charge on any atom is 0.251 e. The second-order valence-corrected chi connectivity index (χ2v) is 7.86. The van der Waals surface area contributed by atoms with Crippen LogP contribution in [-0.4, -0.2) is 13.0 Å². The number of ether oxygens (including phenoxy) is 1. The number of halogens is 1. The molecule has 0 aliphatic rings. The second-order valence-electron chi connectivity index (χ2n) is 6.38. The molecule has 0 saturated carbocycles. The van der Waals surface area contributed by atoms with Crippen molar-refractivity contribution >= 4 is 29.3 Å². The summed E-state index contributed by atoms with van der Waals surface area (Å²) in [7, 11) is 1.65. The van der Waals surface area contributed by atoms with Crippen LogP contribution in [0.2, 0.25) is 5.02 Å². The van der Waals surface area contributed by atoms with Gasteiger partial charge in [-0.05, 0) is 55.0 Å². The zero-order valence-corrected chi connectivity index (χ0v) is 17.4. The van der Waals surface area contributed by atoms with Crippen LogP contribution in [0, 0.1) is 0 Å². The van der Waals surface area contributed by atoms with Crippen molar-refractivity contribution in [2.24, 2.45) is 0 Å². The van der Waals surface area contributed by atoms with Gasteiger partial charge in [0, 0.05) is 26.8 Å². The van der Waals surface area contributed by atoms with E-state index in [1.165, 1.54) is 4.90 Å². The first-order chi connectivity index (χ1) is 13.6. The summed E-state index contributed by atoms with van der Waals surface area (Å²) in [6, 6.07) is 23.1. The van der Waals surface area contributed by atoms with Crippen molar-refractivity contribution in [1.29, 1.82) is 0 Å². The molecule has 1 atom stereocenters. The van der Waals surface area contributed by atoms with E-state index < -0.39 is 0 Å². The van der Waals surface area contributed by atoms with Gasteiger partial charge in [-0.2, -0.15) is 0 Å². The van der Waals surface area contributed by atoms with Gasteiger partial charge in [0.1, 0.15) is 5.75 Å². The fourth-order valence-electron chi connectivity index (χ4n) is 2.83. The molecule has 0 saturated heterocycles. The van der Waals surface area contributed by atoms with Gasteiger partial charge in [-0.3, -0.25) is 4.79 Å². The van der Waals surface area contributed by atoms with Crippen LogP contribution in [0.3, 0.4) is 0 Å². The highest BCUT2D eigenvalue weighted by Gasteiger charge is 2.14. The van der Waals surface area contributed by atoms with E-state index in [-0.39, 0.29) is 11.9 Å². The number of carbonyl (C=O) groups is 1. The fraction of sp³-hybridized carbons (Fsp3) is 0.174. The van der Waals surface area contributed by atoms with Crippen LogP contribution in [0.15, 0.2) is 77.7 Å². The van der Waals surface area contributed by atoms with Gasteiger partial charge >= 0.3 is 0 Å². The zero-order valence-electron chi connectivity index (χ0n) is 15.8. The Hall–Kier alpha value is -2.43. The number of carbonyl (C=O) groups excluding carboxylic acids is 1. The van der Waals surface area contributed by atoms with Gasteiger partial charge in [-0.25, -0.2) is 0 Å². The highest BCUT2D eigenvalue weighted by atomic mass is 35.5. The third kappa shape index (κ3) is 5.31. The van der Waals surface area contributed by atoms with Crippen molar-refractivity contribution < 1.29 is 9.53 Å². The van der Waals surface area contributed by atoms with E-state index in [1.54, 1.807) is 24.9 Å². The van der Waals surface area contributed by atoms with E-state index in [1.807, 2.05) is 61.5 Å². The Morgan fingerprint density at radius 2 is 1.79 bits per heavy atom. The van der Waals surface area contributed by atoms with Crippen LogP contribution >= 0.6 is 23.4 Å². The minimum absolute atomic E-state index is 0.115. The molecule has 0 fully saturated rings. The summed E-state index contributed by atoms with van der Waals surface area (Å²) in [5.74, 6) is 1.39. The molecular weight excluding hydrogens is 390 g/mol. The van der Waals surface area contributed by atoms with E-state index in [4.69, 9.17) is 16.3 Å². The Bertz CT molecular complexity index is 929. The third-order valence-corrected chi connectivity index (χ3v) is 5.71.